The van der Waals surface area contributed by atoms with Crippen LogP contribution in [0.3, 0.4) is 0 Å². The molecule has 0 aliphatic heterocycles. The number of aromatic nitrogens is 2. The molecule has 2 aromatic heterocycles. The van der Waals surface area contributed by atoms with Crippen molar-refractivity contribution in [3.63, 3.8) is 0 Å². The molecule has 0 aliphatic rings. The number of hydrogen-bond acceptors (Lipinski definition) is 3. The standard InChI is InChI=1S/C14H18N4O/c1-3-18-9-12(15)6-13(18)14(19)17-8-11-7-16-5-4-10(11)2/h4-7,9H,3,8,15H2,1-2H3,(H,17,19). The van der Waals surface area contributed by atoms with E-state index in [0.29, 0.717) is 24.5 Å². The van der Waals surface area contributed by atoms with Gasteiger partial charge in [0, 0.05) is 31.7 Å². The summed E-state index contributed by atoms with van der Waals surface area (Å²) >= 11 is 0. The van der Waals surface area contributed by atoms with Crippen molar-refractivity contribution >= 4 is 11.6 Å². The fourth-order valence-corrected chi connectivity index (χ4v) is 1.93. The van der Waals surface area contributed by atoms with E-state index in [-0.39, 0.29) is 5.91 Å². The minimum absolute atomic E-state index is 0.123. The second-order valence-corrected chi connectivity index (χ2v) is 4.43. The molecule has 2 heterocycles. The summed E-state index contributed by atoms with van der Waals surface area (Å²) in [6, 6.07) is 3.61. The summed E-state index contributed by atoms with van der Waals surface area (Å²) in [5.41, 5.74) is 9.02. The second-order valence-electron chi connectivity index (χ2n) is 4.43. The summed E-state index contributed by atoms with van der Waals surface area (Å²) in [6.45, 7) is 5.15. The van der Waals surface area contributed by atoms with Gasteiger partial charge < -0.3 is 15.6 Å². The van der Waals surface area contributed by atoms with Crippen LogP contribution in [0.15, 0.2) is 30.7 Å². The third-order valence-corrected chi connectivity index (χ3v) is 3.08. The molecule has 0 aliphatic carbocycles. The van der Waals surface area contributed by atoms with Gasteiger partial charge in [-0.2, -0.15) is 0 Å². The predicted molar refractivity (Wildman–Crippen MR) is 74.7 cm³/mol. The number of carbonyl (C=O) groups excluding carboxylic acids is 1. The molecule has 3 N–H and O–H groups in total. The van der Waals surface area contributed by atoms with Crippen LogP contribution in [0, 0.1) is 6.92 Å². The summed E-state index contributed by atoms with van der Waals surface area (Å²) in [4.78, 5) is 16.2. The average molecular weight is 258 g/mol. The Labute approximate surface area is 112 Å². The lowest BCUT2D eigenvalue weighted by Crippen LogP contribution is -2.25. The van der Waals surface area contributed by atoms with E-state index < -0.39 is 0 Å². The summed E-state index contributed by atoms with van der Waals surface area (Å²) in [7, 11) is 0. The normalized spacial score (nSPS) is 10.4. The number of nitrogens with two attached hydrogens (primary N) is 1. The first-order valence-electron chi connectivity index (χ1n) is 6.25. The van der Waals surface area contributed by atoms with Gasteiger partial charge in [-0.1, -0.05) is 0 Å². The van der Waals surface area contributed by atoms with Gasteiger partial charge in [-0.15, -0.1) is 0 Å². The minimum atomic E-state index is -0.123. The lowest BCUT2D eigenvalue weighted by molar-refractivity contribution is 0.0941. The average Bonchev–Trinajstić information content (AvgIpc) is 2.79. The zero-order valence-corrected chi connectivity index (χ0v) is 11.2. The second kappa shape index (κ2) is 5.56. The van der Waals surface area contributed by atoms with Crippen LogP contribution in [-0.2, 0) is 13.1 Å². The summed E-state index contributed by atoms with van der Waals surface area (Å²) in [6.07, 6.45) is 5.27. The van der Waals surface area contributed by atoms with Gasteiger partial charge in [0.2, 0.25) is 0 Å². The number of aryl methyl sites for hydroxylation is 2. The quantitative estimate of drug-likeness (QED) is 0.877. The Bertz CT molecular complexity index is 589. The van der Waals surface area contributed by atoms with Crippen molar-refractivity contribution in [3.05, 3.63) is 47.5 Å². The molecule has 1 amide bonds. The highest BCUT2D eigenvalue weighted by Gasteiger charge is 2.12. The minimum Gasteiger partial charge on any atom is -0.397 e. The summed E-state index contributed by atoms with van der Waals surface area (Å²) in [5, 5.41) is 2.89. The predicted octanol–water partition coefficient (Wildman–Crippen LogP) is 1.72. The maximum Gasteiger partial charge on any atom is 0.268 e. The van der Waals surface area contributed by atoms with Crippen molar-refractivity contribution in [2.45, 2.75) is 26.9 Å². The fourth-order valence-electron chi connectivity index (χ4n) is 1.93. The Hall–Kier alpha value is -2.30. The van der Waals surface area contributed by atoms with Crippen molar-refractivity contribution in [3.8, 4) is 0 Å². The van der Waals surface area contributed by atoms with Crippen LogP contribution >= 0.6 is 0 Å². The van der Waals surface area contributed by atoms with Crippen LogP contribution < -0.4 is 11.1 Å². The van der Waals surface area contributed by atoms with E-state index in [1.807, 2.05) is 24.5 Å². The number of hydrogen-bond donors (Lipinski definition) is 2. The summed E-state index contributed by atoms with van der Waals surface area (Å²) in [5.74, 6) is -0.123. The topological polar surface area (TPSA) is 72.9 Å². The van der Waals surface area contributed by atoms with Gasteiger partial charge in [-0.25, -0.2) is 0 Å². The van der Waals surface area contributed by atoms with Crippen molar-refractivity contribution in [2.75, 3.05) is 5.73 Å². The highest BCUT2D eigenvalue weighted by molar-refractivity contribution is 5.93. The van der Waals surface area contributed by atoms with E-state index in [1.54, 1.807) is 24.7 Å². The number of anilines is 1. The molecule has 0 spiro atoms. The van der Waals surface area contributed by atoms with Crippen LogP contribution in [0.4, 0.5) is 5.69 Å². The van der Waals surface area contributed by atoms with Crippen molar-refractivity contribution < 1.29 is 4.79 Å². The first kappa shape index (κ1) is 13.1. The number of nitrogens with one attached hydrogen (secondary N) is 1. The SMILES string of the molecule is CCn1cc(N)cc1C(=O)NCc1cnccc1C. The zero-order chi connectivity index (χ0) is 13.8. The van der Waals surface area contributed by atoms with Gasteiger partial charge >= 0.3 is 0 Å². The Morgan fingerprint density at radius 3 is 3.00 bits per heavy atom. The fraction of sp³-hybridized carbons (Fsp3) is 0.286. The molecule has 2 rings (SSSR count). The largest absolute Gasteiger partial charge is 0.397 e. The molecule has 5 nitrogen and oxygen atoms in total. The van der Waals surface area contributed by atoms with Crippen LogP contribution in [0.2, 0.25) is 0 Å². The van der Waals surface area contributed by atoms with E-state index in [2.05, 4.69) is 10.3 Å². The van der Waals surface area contributed by atoms with Gasteiger partial charge in [0.25, 0.3) is 5.91 Å². The molecule has 0 radical (unpaired) electrons. The highest BCUT2D eigenvalue weighted by atomic mass is 16.1. The van der Waals surface area contributed by atoms with Gasteiger partial charge in [-0.3, -0.25) is 9.78 Å². The molecule has 5 heteroatoms. The van der Waals surface area contributed by atoms with Gasteiger partial charge in [0.1, 0.15) is 5.69 Å². The van der Waals surface area contributed by atoms with Crippen LogP contribution in [0.25, 0.3) is 0 Å². The smallest absolute Gasteiger partial charge is 0.268 e. The third kappa shape index (κ3) is 2.93. The Kier molecular flexibility index (Phi) is 3.85. The van der Waals surface area contributed by atoms with E-state index in [9.17, 15) is 4.79 Å². The highest BCUT2D eigenvalue weighted by Crippen LogP contribution is 2.11. The van der Waals surface area contributed by atoms with Crippen molar-refractivity contribution in [2.24, 2.45) is 0 Å². The number of pyridine rings is 1. The monoisotopic (exact) mass is 258 g/mol. The van der Waals surface area contributed by atoms with Crippen molar-refractivity contribution in [1.29, 1.82) is 0 Å². The number of nitrogens with zero attached hydrogens (tertiary/aromatic N) is 2. The maximum atomic E-state index is 12.1. The van der Waals surface area contributed by atoms with Crippen LogP contribution in [-0.4, -0.2) is 15.5 Å². The van der Waals surface area contributed by atoms with Gasteiger partial charge in [0.05, 0.1) is 5.69 Å². The number of amides is 1. The van der Waals surface area contributed by atoms with Gasteiger partial charge in [0.15, 0.2) is 0 Å². The molecule has 0 saturated heterocycles. The molecule has 0 aromatic carbocycles. The molecular weight excluding hydrogens is 240 g/mol. The molecule has 0 saturated carbocycles. The summed E-state index contributed by atoms with van der Waals surface area (Å²) < 4.78 is 1.83. The van der Waals surface area contributed by atoms with Gasteiger partial charge in [-0.05, 0) is 37.1 Å². The molecule has 100 valence electrons. The maximum absolute atomic E-state index is 12.1. The molecule has 0 atom stereocenters. The first-order chi connectivity index (χ1) is 9.11. The molecule has 19 heavy (non-hydrogen) atoms. The van der Waals surface area contributed by atoms with E-state index in [1.165, 1.54) is 0 Å². The number of carbonyl (C=O) groups is 1. The van der Waals surface area contributed by atoms with E-state index >= 15 is 0 Å². The lowest BCUT2D eigenvalue weighted by atomic mass is 10.1. The molecule has 2 aromatic rings. The van der Waals surface area contributed by atoms with E-state index in [4.69, 9.17) is 5.73 Å². The van der Waals surface area contributed by atoms with Crippen LogP contribution in [0.1, 0.15) is 28.5 Å². The Morgan fingerprint density at radius 2 is 2.32 bits per heavy atom. The lowest BCUT2D eigenvalue weighted by Gasteiger charge is -2.09. The Morgan fingerprint density at radius 1 is 1.53 bits per heavy atom. The zero-order valence-electron chi connectivity index (χ0n) is 11.2. The Balaban J connectivity index is 2.07. The molecule has 0 fully saturated rings. The third-order valence-electron chi connectivity index (χ3n) is 3.08. The van der Waals surface area contributed by atoms with E-state index in [0.717, 1.165) is 11.1 Å². The first-order valence-corrected chi connectivity index (χ1v) is 6.25. The number of nitrogen functional groups attached to an aromatic ring is 1. The number of rotatable bonds is 4. The van der Waals surface area contributed by atoms with Crippen molar-refractivity contribution in [1.82, 2.24) is 14.9 Å². The molecular formula is C14H18N4O. The molecule has 0 bridgehead atoms. The van der Waals surface area contributed by atoms with Crippen LogP contribution in [0.5, 0.6) is 0 Å². The molecule has 0 unspecified atom stereocenters.